The van der Waals surface area contributed by atoms with E-state index in [0.29, 0.717) is 6.54 Å². The van der Waals surface area contributed by atoms with Crippen molar-refractivity contribution in [2.45, 2.75) is 26.5 Å². The van der Waals surface area contributed by atoms with Crippen LogP contribution in [0.3, 0.4) is 0 Å². The van der Waals surface area contributed by atoms with Crippen molar-refractivity contribution in [2.75, 3.05) is 6.54 Å². The summed E-state index contributed by atoms with van der Waals surface area (Å²) in [6, 6.07) is 12.3. The van der Waals surface area contributed by atoms with E-state index in [1.54, 1.807) is 11.3 Å². The van der Waals surface area contributed by atoms with Gasteiger partial charge in [0.05, 0.1) is 6.10 Å². The first kappa shape index (κ1) is 13.3. The number of thiophene rings is 1. The number of hydrogen-bond donors (Lipinski definition) is 2. The van der Waals surface area contributed by atoms with Crippen LogP contribution in [0.25, 0.3) is 0 Å². The molecule has 2 rings (SSSR count). The molecule has 1 heterocycles. The molecular weight excluding hydrogens is 242 g/mol. The molecule has 0 radical (unpaired) electrons. The molecule has 0 spiro atoms. The zero-order chi connectivity index (χ0) is 13.0. The summed E-state index contributed by atoms with van der Waals surface area (Å²) in [7, 11) is 0. The smallest absolute Gasteiger partial charge is 0.0914 e. The van der Waals surface area contributed by atoms with Gasteiger partial charge in [-0.1, -0.05) is 29.8 Å². The third-order valence-corrected chi connectivity index (χ3v) is 3.86. The Labute approximate surface area is 112 Å². The molecular formula is C15H19NOS. The van der Waals surface area contributed by atoms with Crippen molar-refractivity contribution in [3.63, 3.8) is 0 Å². The van der Waals surface area contributed by atoms with Gasteiger partial charge in [0.1, 0.15) is 0 Å². The average molecular weight is 261 g/mol. The highest BCUT2D eigenvalue weighted by molar-refractivity contribution is 7.11. The molecule has 0 amide bonds. The van der Waals surface area contributed by atoms with Crippen molar-refractivity contribution in [2.24, 2.45) is 0 Å². The number of nitrogens with one attached hydrogen (secondary N) is 1. The third kappa shape index (κ3) is 3.67. The average Bonchev–Trinajstić information content (AvgIpc) is 2.75. The Bertz CT molecular complexity index is 507. The van der Waals surface area contributed by atoms with Crippen molar-refractivity contribution in [3.8, 4) is 0 Å². The van der Waals surface area contributed by atoms with Crippen LogP contribution in [0, 0.1) is 13.8 Å². The van der Waals surface area contributed by atoms with Crippen LogP contribution in [-0.2, 0) is 6.54 Å². The maximum absolute atomic E-state index is 10.1. The van der Waals surface area contributed by atoms with E-state index < -0.39 is 6.10 Å². The molecule has 3 heteroatoms. The largest absolute Gasteiger partial charge is 0.387 e. The standard InChI is InChI=1S/C15H19NOS/c1-11-4-3-5-13(8-11)15(17)10-16-9-14-7-6-12(2)18-14/h3-8,15-17H,9-10H2,1-2H3. The predicted molar refractivity (Wildman–Crippen MR) is 76.9 cm³/mol. The molecule has 0 saturated carbocycles. The van der Waals surface area contributed by atoms with Crippen LogP contribution in [0.15, 0.2) is 36.4 Å². The topological polar surface area (TPSA) is 32.3 Å². The highest BCUT2D eigenvalue weighted by Gasteiger charge is 2.07. The van der Waals surface area contributed by atoms with E-state index in [0.717, 1.165) is 12.1 Å². The van der Waals surface area contributed by atoms with Crippen molar-refractivity contribution >= 4 is 11.3 Å². The maximum Gasteiger partial charge on any atom is 0.0914 e. The molecule has 1 atom stereocenters. The second kappa shape index (κ2) is 6.14. The van der Waals surface area contributed by atoms with E-state index in [1.165, 1.54) is 15.3 Å². The van der Waals surface area contributed by atoms with Crippen molar-refractivity contribution in [1.82, 2.24) is 5.32 Å². The molecule has 2 nitrogen and oxygen atoms in total. The van der Waals surface area contributed by atoms with Crippen LogP contribution in [0.5, 0.6) is 0 Å². The normalized spacial score (nSPS) is 12.6. The Morgan fingerprint density at radius 3 is 2.72 bits per heavy atom. The molecule has 2 N–H and O–H groups in total. The summed E-state index contributed by atoms with van der Waals surface area (Å²) in [6.45, 7) is 5.55. The lowest BCUT2D eigenvalue weighted by molar-refractivity contribution is 0.174. The van der Waals surface area contributed by atoms with Crippen LogP contribution >= 0.6 is 11.3 Å². The molecule has 0 bridgehead atoms. The molecule has 0 fully saturated rings. The van der Waals surface area contributed by atoms with Crippen molar-refractivity contribution in [3.05, 3.63) is 57.3 Å². The summed E-state index contributed by atoms with van der Waals surface area (Å²) in [5.74, 6) is 0. The summed E-state index contributed by atoms with van der Waals surface area (Å²) in [5.41, 5.74) is 2.16. The van der Waals surface area contributed by atoms with E-state index >= 15 is 0 Å². The quantitative estimate of drug-likeness (QED) is 0.866. The lowest BCUT2D eigenvalue weighted by Crippen LogP contribution is -2.20. The van der Waals surface area contributed by atoms with Crippen molar-refractivity contribution in [1.29, 1.82) is 0 Å². The molecule has 1 aromatic carbocycles. The SMILES string of the molecule is Cc1cccc(C(O)CNCc2ccc(C)s2)c1. The van der Waals surface area contributed by atoms with Crippen LogP contribution < -0.4 is 5.32 Å². The maximum atomic E-state index is 10.1. The lowest BCUT2D eigenvalue weighted by atomic mass is 10.1. The first-order valence-corrected chi connectivity index (χ1v) is 6.97. The van der Waals surface area contributed by atoms with Gasteiger partial charge in [-0.2, -0.15) is 0 Å². The van der Waals surface area contributed by atoms with E-state index in [-0.39, 0.29) is 0 Å². The summed E-state index contributed by atoms with van der Waals surface area (Å²) >= 11 is 1.79. The fraction of sp³-hybridized carbons (Fsp3) is 0.333. The molecule has 0 saturated heterocycles. The molecule has 0 aliphatic carbocycles. The number of aliphatic hydroxyl groups is 1. The molecule has 2 aromatic rings. The van der Waals surface area contributed by atoms with Gasteiger partial charge >= 0.3 is 0 Å². The molecule has 0 aliphatic heterocycles. The number of hydrogen-bond acceptors (Lipinski definition) is 3. The zero-order valence-electron chi connectivity index (χ0n) is 10.8. The van der Waals surface area contributed by atoms with Gasteiger partial charge in [0.25, 0.3) is 0 Å². The number of rotatable bonds is 5. The number of aryl methyl sites for hydroxylation is 2. The minimum atomic E-state index is -0.439. The minimum Gasteiger partial charge on any atom is -0.387 e. The van der Waals surface area contributed by atoms with Crippen LogP contribution in [0.1, 0.15) is 27.0 Å². The second-order valence-corrected chi connectivity index (χ2v) is 5.95. The molecule has 18 heavy (non-hydrogen) atoms. The highest BCUT2D eigenvalue weighted by Crippen LogP contribution is 2.16. The summed E-state index contributed by atoms with van der Waals surface area (Å²) in [4.78, 5) is 2.63. The summed E-state index contributed by atoms with van der Waals surface area (Å²) in [5, 5.41) is 13.4. The Hall–Kier alpha value is -1.16. The number of aliphatic hydroxyl groups excluding tert-OH is 1. The van der Waals surface area contributed by atoms with Gasteiger partial charge in [0.15, 0.2) is 0 Å². The van der Waals surface area contributed by atoms with E-state index in [1.807, 2.05) is 31.2 Å². The molecule has 1 unspecified atom stereocenters. The van der Waals surface area contributed by atoms with Crippen LogP contribution in [0.2, 0.25) is 0 Å². The van der Waals surface area contributed by atoms with E-state index in [4.69, 9.17) is 0 Å². The Kier molecular flexibility index (Phi) is 4.53. The number of benzene rings is 1. The van der Waals surface area contributed by atoms with Gasteiger partial charge < -0.3 is 10.4 Å². The van der Waals surface area contributed by atoms with E-state index in [9.17, 15) is 5.11 Å². The van der Waals surface area contributed by atoms with Gasteiger partial charge in [-0.15, -0.1) is 11.3 Å². The fourth-order valence-electron chi connectivity index (χ4n) is 1.91. The van der Waals surface area contributed by atoms with Gasteiger partial charge in [-0.3, -0.25) is 0 Å². The molecule has 0 aliphatic rings. The molecule has 1 aromatic heterocycles. The minimum absolute atomic E-state index is 0.439. The first-order chi connectivity index (χ1) is 8.65. The Morgan fingerprint density at radius 2 is 2.06 bits per heavy atom. The highest BCUT2D eigenvalue weighted by atomic mass is 32.1. The molecule has 96 valence electrons. The fourth-order valence-corrected chi connectivity index (χ4v) is 2.77. The first-order valence-electron chi connectivity index (χ1n) is 6.16. The van der Waals surface area contributed by atoms with Crippen LogP contribution in [-0.4, -0.2) is 11.7 Å². The Balaban J connectivity index is 1.83. The summed E-state index contributed by atoms with van der Waals surface area (Å²) in [6.07, 6.45) is -0.439. The third-order valence-electron chi connectivity index (χ3n) is 2.86. The van der Waals surface area contributed by atoms with Gasteiger partial charge in [0, 0.05) is 22.8 Å². The zero-order valence-corrected chi connectivity index (χ0v) is 11.6. The second-order valence-electron chi connectivity index (χ2n) is 4.57. The van der Waals surface area contributed by atoms with E-state index in [2.05, 4.69) is 24.4 Å². The predicted octanol–water partition coefficient (Wildman–Crippen LogP) is 3.19. The monoisotopic (exact) mass is 261 g/mol. The Morgan fingerprint density at radius 1 is 1.22 bits per heavy atom. The van der Waals surface area contributed by atoms with Crippen molar-refractivity contribution < 1.29 is 5.11 Å². The van der Waals surface area contributed by atoms with Gasteiger partial charge in [0.2, 0.25) is 0 Å². The van der Waals surface area contributed by atoms with Gasteiger partial charge in [-0.25, -0.2) is 0 Å². The summed E-state index contributed by atoms with van der Waals surface area (Å²) < 4.78 is 0. The van der Waals surface area contributed by atoms with Gasteiger partial charge in [-0.05, 0) is 31.5 Å². The lowest BCUT2D eigenvalue weighted by Gasteiger charge is -2.12. The van der Waals surface area contributed by atoms with Crippen LogP contribution in [0.4, 0.5) is 0 Å².